The van der Waals surface area contributed by atoms with Crippen molar-refractivity contribution in [3.63, 3.8) is 0 Å². The molecule has 0 aromatic carbocycles. The van der Waals surface area contributed by atoms with Gasteiger partial charge >= 0.3 is 7.60 Å². The van der Waals surface area contributed by atoms with Gasteiger partial charge in [-0.1, -0.05) is 20.8 Å². The third kappa shape index (κ3) is 10.2. The van der Waals surface area contributed by atoms with E-state index in [0.717, 1.165) is 24.0 Å². The molecule has 9 heteroatoms. The zero-order chi connectivity index (χ0) is 25.4. The van der Waals surface area contributed by atoms with Gasteiger partial charge in [-0.05, 0) is 53.9 Å². The minimum Gasteiger partial charge on any atom is -0.354 e. The zero-order valence-corrected chi connectivity index (χ0v) is 23.7. The highest BCUT2D eigenvalue weighted by atomic mass is 31.2. The normalized spacial score (nSPS) is 15.7. The molecule has 0 saturated heterocycles. The fourth-order valence-electron chi connectivity index (χ4n) is 3.31. The summed E-state index contributed by atoms with van der Waals surface area (Å²) in [5.74, 6) is -0.899. The van der Waals surface area contributed by atoms with Crippen LogP contribution in [0.5, 0.6) is 0 Å². The Kier molecular flexibility index (Phi) is 12.6. The number of rotatable bonds is 14. The van der Waals surface area contributed by atoms with E-state index in [-0.39, 0.29) is 19.1 Å². The van der Waals surface area contributed by atoms with E-state index in [0.29, 0.717) is 6.54 Å². The van der Waals surface area contributed by atoms with E-state index in [1.165, 1.54) is 0 Å². The highest BCUT2D eigenvalue weighted by Gasteiger charge is 2.51. The molecule has 0 radical (unpaired) electrons. The van der Waals surface area contributed by atoms with Crippen LogP contribution in [0.3, 0.4) is 0 Å². The van der Waals surface area contributed by atoms with Gasteiger partial charge in [-0.2, -0.15) is 5.06 Å². The molecule has 0 aromatic heterocycles. The van der Waals surface area contributed by atoms with Crippen LogP contribution in [0.4, 0.5) is 0 Å². The van der Waals surface area contributed by atoms with Gasteiger partial charge in [-0.3, -0.25) is 14.2 Å². The summed E-state index contributed by atoms with van der Waals surface area (Å²) in [4.78, 5) is 19.0. The first kappa shape index (κ1) is 31.5. The van der Waals surface area contributed by atoms with Crippen LogP contribution in [0, 0.1) is 5.41 Å². The lowest BCUT2D eigenvalue weighted by molar-refractivity contribution is -0.888. The van der Waals surface area contributed by atoms with Crippen molar-refractivity contribution in [1.29, 1.82) is 0 Å². The molecule has 0 aliphatic carbocycles. The monoisotopic (exact) mass is 480 g/mol. The van der Waals surface area contributed by atoms with Gasteiger partial charge in [-0.15, -0.1) is 0 Å². The SMILES string of the molecule is CCOP(=O)(OCC)C(N(OC(C)C(=O)NCCC[N+](C)(C)CC)C(C)(C)C)C(C)(C)C. The molecule has 0 aliphatic heterocycles. The fourth-order valence-corrected chi connectivity index (χ4v) is 6.00. The van der Waals surface area contributed by atoms with Crippen molar-refractivity contribution >= 4 is 13.5 Å². The summed E-state index contributed by atoms with van der Waals surface area (Å²) in [5.41, 5.74) is -1.06. The molecule has 0 aliphatic rings. The first-order valence-electron chi connectivity index (χ1n) is 11.9. The lowest BCUT2D eigenvalue weighted by Gasteiger charge is -2.48. The molecule has 0 aromatic rings. The van der Waals surface area contributed by atoms with E-state index in [4.69, 9.17) is 13.9 Å². The van der Waals surface area contributed by atoms with E-state index in [1.54, 1.807) is 25.8 Å². The predicted molar refractivity (Wildman–Crippen MR) is 131 cm³/mol. The maximum atomic E-state index is 13.9. The van der Waals surface area contributed by atoms with Crippen molar-refractivity contribution in [2.45, 2.75) is 93.1 Å². The first-order chi connectivity index (χ1) is 14.4. The molecule has 192 valence electrons. The van der Waals surface area contributed by atoms with Gasteiger partial charge < -0.3 is 18.8 Å². The Morgan fingerprint density at radius 2 is 1.53 bits per heavy atom. The van der Waals surface area contributed by atoms with Crippen LogP contribution in [0.15, 0.2) is 0 Å². The summed E-state index contributed by atoms with van der Waals surface area (Å²) in [6, 6.07) is 0. The minimum atomic E-state index is -3.57. The molecule has 0 spiro atoms. The molecule has 2 atom stereocenters. The van der Waals surface area contributed by atoms with E-state index in [2.05, 4.69) is 26.3 Å². The lowest BCUT2D eigenvalue weighted by atomic mass is 9.94. The maximum Gasteiger partial charge on any atom is 0.350 e. The number of hydroxylamine groups is 2. The van der Waals surface area contributed by atoms with Crippen LogP contribution in [0.25, 0.3) is 0 Å². The average molecular weight is 481 g/mol. The Morgan fingerprint density at radius 1 is 1.03 bits per heavy atom. The molecule has 0 bridgehead atoms. The van der Waals surface area contributed by atoms with Crippen LogP contribution in [0.1, 0.15) is 75.7 Å². The van der Waals surface area contributed by atoms with Gasteiger partial charge in [0.05, 0.1) is 40.4 Å². The van der Waals surface area contributed by atoms with E-state index >= 15 is 0 Å². The number of carbonyl (C=O) groups is 1. The number of hydrogen-bond donors (Lipinski definition) is 1. The zero-order valence-electron chi connectivity index (χ0n) is 22.8. The van der Waals surface area contributed by atoms with Crippen LogP contribution in [-0.4, -0.2) is 79.8 Å². The lowest BCUT2D eigenvalue weighted by Crippen LogP contribution is -2.55. The van der Waals surface area contributed by atoms with Gasteiger partial charge in [-0.25, -0.2) is 0 Å². The average Bonchev–Trinajstić information content (AvgIpc) is 2.62. The van der Waals surface area contributed by atoms with Crippen molar-refractivity contribution in [1.82, 2.24) is 10.4 Å². The van der Waals surface area contributed by atoms with Gasteiger partial charge in [0.15, 0.2) is 6.10 Å². The Bertz CT molecular complexity index is 604. The molecule has 1 amide bonds. The van der Waals surface area contributed by atoms with Crippen molar-refractivity contribution in [3.05, 3.63) is 0 Å². The second-order valence-corrected chi connectivity index (χ2v) is 13.1. The number of nitrogens with zero attached hydrogens (tertiary/aromatic N) is 2. The minimum absolute atomic E-state index is 0.198. The summed E-state index contributed by atoms with van der Waals surface area (Å²) in [6.45, 7) is 22.4. The number of carbonyl (C=O) groups excluding carboxylic acids is 1. The molecule has 0 fully saturated rings. The van der Waals surface area contributed by atoms with E-state index < -0.39 is 30.4 Å². The predicted octanol–water partition coefficient (Wildman–Crippen LogP) is 4.65. The van der Waals surface area contributed by atoms with Crippen molar-refractivity contribution < 1.29 is 27.7 Å². The smallest absolute Gasteiger partial charge is 0.350 e. The summed E-state index contributed by atoms with van der Waals surface area (Å²) in [5, 5.41) is 4.62. The Labute approximate surface area is 197 Å². The standard InChI is InChI=1S/C23H50N3O5P/c1-13-26(11,12)18-16-17-24-20(27)19(4)31-25(23(8,9)10)21(22(5,6)7)32(28,29-14-2)30-15-3/h19,21H,13-18H2,1-12H3/p+1. The highest BCUT2D eigenvalue weighted by Crippen LogP contribution is 2.60. The Hall–Kier alpha value is -0.500. The molecule has 0 saturated carbocycles. The second kappa shape index (κ2) is 12.8. The molecular weight excluding hydrogens is 429 g/mol. The van der Waals surface area contributed by atoms with E-state index in [1.807, 2.05) is 41.5 Å². The first-order valence-corrected chi connectivity index (χ1v) is 13.5. The third-order valence-corrected chi connectivity index (χ3v) is 8.13. The topological polar surface area (TPSA) is 77.1 Å². The highest BCUT2D eigenvalue weighted by molar-refractivity contribution is 7.54. The summed E-state index contributed by atoms with van der Waals surface area (Å²) < 4.78 is 26.2. The summed E-state index contributed by atoms with van der Waals surface area (Å²) in [7, 11) is 0.783. The Morgan fingerprint density at radius 3 is 1.91 bits per heavy atom. The van der Waals surface area contributed by atoms with Gasteiger partial charge in [0, 0.05) is 18.5 Å². The number of amides is 1. The van der Waals surface area contributed by atoms with Crippen molar-refractivity contribution in [3.8, 4) is 0 Å². The molecular formula is C23H51N3O5P+. The molecule has 32 heavy (non-hydrogen) atoms. The van der Waals surface area contributed by atoms with Crippen LogP contribution >= 0.6 is 7.60 Å². The number of quaternary nitrogens is 1. The van der Waals surface area contributed by atoms with Crippen molar-refractivity contribution in [2.75, 3.05) is 46.9 Å². The number of hydrogen-bond acceptors (Lipinski definition) is 6. The fraction of sp³-hybridized carbons (Fsp3) is 0.957. The molecule has 1 N–H and O–H groups in total. The van der Waals surface area contributed by atoms with Gasteiger partial charge in [0.1, 0.15) is 5.78 Å². The summed E-state index contributed by atoms with van der Waals surface area (Å²) in [6.07, 6.45) is 0.126. The van der Waals surface area contributed by atoms with E-state index in [9.17, 15) is 9.36 Å². The van der Waals surface area contributed by atoms with Crippen LogP contribution in [-0.2, 0) is 23.2 Å². The van der Waals surface area contributed by atoms with Gasteiger partial charge in [0.25, 0.3) is 5.91 Å². The maximum absolute atomic E-state index is 13.9. The number of nitrogens with one attached hydrogen (secondary N) is 1. The van der Waals surface area contributed by atoms with Crippen molar-refractivity contribution in [2.24, 2.45) is 5.41 Å². The largest absolute Gasteiger partial charge is 0.354 e. The third-order valence-electron chi connectivity index (χ3n) is 5.31. The molecule has 0 heterocycles. The van der Waals surface area contributed by atoms with Crippen LogP contribution in [0.2, 0.25) is 0 Å². The molecule has 8 nitrogen and oxygen atoms in total. The quantitative estimate of drug-likeness (QED) is 0.169. The second-order valence-electron chi connectivity index (χ2n) is 11.0. The molecule has 0 rings (SSSR count). The summed E-state index contributed by atoms with van der Waals surface area (Å²) >= 11 is 0. The van der Waals surface area contributed by atoms with Gasteiger partial charge in [0.2, 0.25) is 0 Å². The molecule has 2 unspecified atom stereocenters. The Balaban J connectivity index is 5.62. The van der Waals surface area contributed by atoms with Crippen LogP contribution < -0.4 is 5.32 Å².